The number of rotatable bonds is 4. The molecule has 0 aliphatic carbocycles. The van der Waals surface area contributed by atoms with E-state index < -0.39 is 0 Å². The maximum absolute atomic E-state index is 12.8. The fourth-order valence-corrected chi connectivity index (χ4v) is 4.02. The largest absolute Gasteiger partial charge is 0.338 e. The lowest BCUT2D eigenvalue weighted by Crippen LogP contribution is -2.14. The third-order valence-corrected chi connectivity index (χ3v) is 5.85. The number of hydrogen-bond donors (Lipinski definition) is 3. The van der Waals surface area contributed by atoms with Gasteiger partial charge in [0, 0.05) is 22.2 Å². The first-order chi connectivity index (χ1) is 16.6. The number of aromatic nitrogens is 5. The van der Waals surface area contributed by atoms with E-state index in [9.17, 15) is 4.79 Å². The van der Waals surface area contributed by atoms with Crippen LogP contribution in [0.3, 0.4) is 0 Å². The summed E-state index contributed by atoms with van der Waals surface area (Å²) in [5.74, 6) is 0.678. The van der Waals surface area contributed by atoms with Crippen molar-refractivity contribution >= 4 is 45.3 Å². The number of hydrogen-bond acceptors (Lipinski definition) is 4. The molecule has 3 aromatic heterocycles. The van der Waals surface area contributed by atoms with E-state index in [4.69, 9.17) is 11.6 Å². The zero-order valence-corrected chi connectivity index (χ0v) is 18.5. The standard InChI is InChI=1S/C26H17ClN6O/c27-18-10-8-15(9-11-18)22-14-29-24(30-22)19-6-3-7-20-23(19)32-26(31-20)33-25(34)21-12-16-4-1-2-5-17(16)13-28-21/h1-14H,(H,29,30)(H2,31,32,33,34). The molecule has 34 heavy (non-hydrogen) atoms. The van der Waals surface area contributed by atoms with E-state index in [1.165, 1.54) is 0 Å². The first-order valence-corrected chi connectivity index (χ1v) is 11.0. The summed E-state index contributed by atoms with van der Waals surface area (Å²) in [5.41, 5.74) is 4.46. The lowest BCUT2D eigenvalue weighted by molar-refractivity contribution is 0.102. The summed E-state index contributed by atoms with van der Waals surface area (Å²) in [5, 5.41) is 5.42. The van der Waals surface area contributed by atoms with Gasteiger partial charge in [-0.05, 0) is 41.3 Å². The van der Waals surface area contributed by atoms with E-state index in [1.54, 1.807) is 18.5 Å². The number of pyridine rings is 1. The van der Waals surface area contributed by atoms with Crippen LogP contribution in [-0.4, -0.2) is 30.8 Å². The van der Waals surface area contributed by atoms with Gasteiger partial charge in [-0.3, -0.25) is 15.1 Å². The third kappa shape index (κ3) is 3.68. The molecule has 164 valence electrons. The number of amides is 1. The predicted octanol–water partition coefficient (Wildman–Crippen LogP) is 6.07. The molecule has 7 nitrogen and oxygen atoms in total. The van der Waals surface area contributed by atoms with Gasteiger partial charge in [0.05, 0.1) is 17.4 Å². The van der Waals surface area contributed by atoms with Crippen molar-refractivity contribution in [1.82, 2.24) is 24.9 Å². The summed E-state index contributed by atoms with van der Waals surface area (Å²) < 4.78 is 0. The number of aromatic amines is 2. The fourth-order valence-electron chi connectivity index (χ4n) is 3.90. The number of fused-ring (bicyclic) bond motifs is 2. The molecule has 0 saturated carbocycles. The zero-order valence-electron chi connectivity index (χ0n) is 17.7. The predicted molar refractivity (Wildman–Crippen MR) is 134 cm³/mol. The SMILES string of the molecule is O=C(Nc1nc2c(-c3ncc(-c4ccc(Cl)cc4)[nH]3)cccc2[nH]1)c1cc2ccccc2cn1. The molecule has 1 amide bonds. The molecule has 0 radical (unpaired) electrons. The Labute approximate surface area is 198 Å². The Kier molecular flexibility index (Phi) is 4.82. The van der Waals surface area contributed by atoms with Gasteiger partial charge in [0.15, 0.2) is 0 Å². The van der Waals surface area contributed by atoms with Crippen LogP contribution in [0, 0.1) is 0 Å². The van der Waals surface area contributed by atoms with Gasteiger partial charge >= 0.3 is 0 Å². The van der Waals surface area contributed by atoms with Gasteiger partial charge in [-0.25, -0.2) is 9.97 Å². The molecule has 0 aliphatic rings. The van der Waals surface area contributed by atoms with Crippen molar-refractivity contribution in [1.29, 1.82) is 0 Å². The van der Waals surface area contributed by atoms with Crippen molar-refractivity contribution in [2.24, 2.45) is 0 Å². The Morgan fingerprint density at radius 1 is 0.853 bits per heavy atom. The van der Waals surface area contributed by atoms with Crippen LogP contribution < -0.4 is 5.32 Å². The summed E-state index contributed by atoms with van der Waals surface area (Å²) in [6, 6.07) is 22.8. The number of carbonyl (C=O) groups excluding carboxylic acids is 1. The summed E-state index contributed by atoms with van der Waals surface area (Å²) in [6.45, 7) is 0. The minimum absolute atomic E-state index is 0.318. The van der Waals surface area contributed by atoms with Crippen LogP contribution in [0.5, 0.6) is 0 Å². The highest BCUT2D eigenvalue weighted by Crippen LogP contribution is 2.29. The molecule has 0 unspecified atom stereocenters. The molecule has 6 rings (SSSR count). The maximum atomic E-state index is 12.8. The monoisotopic (exact) mass is 464 g/mol. The van der Waals surface area contributed by atoms with Crippen molar-refractivity contribution < 1.29 is 4.79 Å². The summed E-state index contributed by atoms with van der Waals surface area (Å²) in [7, 11) is 0. The Bertz CT molecular complexity index is 1670. The van der Waals surface area contributed by atoms with Crippen LogP contribution >= 0.6 is 11.6 Å². The van der Waals surface area contributed by atoms with Crippen molar-refractivity contribution in [2.45, 2.75) is 0 Å². The molecule has 3 heterocycles. The van der Waals surface area contributed by atoms with E-state index in [-0.39, 0.29) is 5.91 Å². The Hall–Kier alpha value is -4.49. The number of carbonyl (C=O) groups is 1. The van der Waals surface area contributed by atoms with E-state index in [0.717, 1.165) is 33.1 Å². The Morgan fingerprint density at radius 3 is 2.53 bits per heavy atom. The number of para-hydroxylation sites is 1. The van der Waals surface area contributed by atoms with E-state index in [2.05, 4.69) is 30.2 Å². The van der Waals surface area contributed by atoms with Crippen molar-refractivity contribution in [3.8, 4) is 22.6 Å². The molecule has 0 aliphatic heterocycles. The second-order valence-corrected chi connectivity index (χ2v) is 8.25. The van der Waals surface area contributed by atoms with Crippen molar-refractivity contribution in [3.63, 3.8) is 0 Å². The highest BCUT2D eigenvalue weighted by atomic mass is 35.5. The molecule has 8 heteroatoms. The second-order valence-electron chi connectivity index (χ2n) is 7.81. The van der Waals surface area contributed by atoms with Gasteiger partial charge in [-0.15, -0.1) is 0 Å². The normalized spacial score (nSPS) is 11.2. The molecule has 3 N–H and O–H groups in total. The van der Waals surface area contributed by atoms with Gasteiger partial charge in [-0.2, -0.15) is 0 Å². The van der Waals surface area contributed by atoms with E-state index in [0.29, 0.717) is 28.0 Å². The van der Waals surface area contributed by atoms with Crippen LogP contribution in [-0.2, 0) is 0 Å². The van der Waals surface area contributed by atoms with Gasteiger partial charge in [0.2, 0.25) is 5.95 Å². The quantitative estimate of drug-likeness (QED) is 0.294. The second kappa shape index (κ2) is 8.13. The number of anilines is 1. The lowest BCUT2D eigenvalue weighted by atomic mass is 10.1. The zero-order chi connectivity index (χ0) is 23.1. The lowest BCUT2D eigenvalue weighted by Gasteiger charge is -2.03. The molecule has 0 bridgehead atoms. The topological polar surface area (TPSA) is 99.4 Å². The number of imidazole rings is 2. The molecule has 6 aromatic rings. The average molecular weight is 465 g/mol. The van der Waals surface area contributed by atoms with Gasteiger partial charge in [0.25, 0.3) is 5.91 Å². The molecular formula is C26H17ClN6O. The smallest absolute Gasteiger partial charge is 0.276 e. The summed E-state index contributed by atoms with van der Waals surface area (Å²) in [6.07, 6.45) is 3.47. The van der Waals surface area contributed by atoms with Crippen LogP contribution in [0.2, 0.25) is 5.02 Å². The van der Waals surface area contributed by atoms with E-state index >= 15 is 0 Å². The molecule has 0 saturated heterocycles. The molecule has 0 atom stereocenters. The number of halogens is 1. The van der Waals surface area contributed by atoms with Crippen LogP contribution in [0.15, 0.2) is 85.2 Å². The highest BCUT2D eigenvalue weighted by Gasteiger charge is 2.15. The first-order valence-electron chi connectivity index (χ1n) is 10.6. The number of nitrogens with one attached hydrogen (secondary N) is 3. The minimum Gasteiger partial charge on any atom is -0.338 e. The number of benzene rings is 3. The van der Waals surface area contributed by atoms with Gasteiger partial charge in [-0.1, -0.05) is 54.1 Å². The van der Waals surface area contributed by atoms with E-state index in [1.807, 2.05) is 66.7 Å². The maximum Gasteiger partial charge on any atom is 0.276 e. The first kappa shape index (κ1) is 20.1. The minimum atomic E-state index is -0.339. The molecule has 3 aromatic carbocycles. The molecule has 0 fully saturated rings. The van der Waals surface area contributed by atoms with Gasteiger partial charge < -0.3 is 9.97 Å². The van der Waals surface area contributed by atoms with Crippen LogP contribution in [0.4, 0.5) is 5.95 Å². The van der Waals surface area contributed by atoms with Crippen molar-refractivity contribution in [2.75, 3.05) is 5.32 Å². The number of nitrogens with zero attached hydrogens (tertiary/aromatic N) is 3. The average Bonchev–Trinajstić information content (AvgIpc) is 3.51. The van der Waals surface area contributed by atoms with Crippen LogP contribution in [0.25, 0.3) is 44.5 Å². The molecular weight excluding hydrogens is 448 g/mol. The fraction of sp³-hybridized carbons (Fsp3) is 0. The van der Waals surface area contributed by atoms with Gasteiger partial charge in [0.1, 0.15) is 17.0 Å². The summed E-state index contributed by atoms with van der Waals surface area (Å²) in [4.78, 5) is 32.8. The molecule has 0 spiro atoms. The van der Waals surface area contributed by atoms with Crippen molar-refractivity contribution in [3.05, 3.63) is 95.9 Å². The third-order valence-electron chi connectivity index (χ3n) is 5.59. The Balaban J connectivity index is 1.30. The number of H-pyrrole nitrogens is 2. The highest BCUT2D eigenvalue weighted by molar-refractivity contribution is 6.30. The van der Waals surface area contributed by atoms with Crippen LogP contribution in [0.1, 0.15) is 10.5 Å². The summed E-state index contributed by atoms with van der Waals surface area (Å²) >= 11 is 6.00. The Morgan fingerprint density at radius 2 is 1.68 bits per heavy atom.